The zero-order valence-corrected chi connectivity index (χ0v) is 18.0. The summed E-state index contributed by atoms with van der Waals surface area (Å²) < 4.78 is 19.9. The number of nitrogens with one attached hydrogen (secondary N) is 1. The van der Waals surface area contributed by atoms with E-state index in [9.17, 15) is 4.39 Å². The quantitative estimate of drug-likeness (QED) is 0.502. The number of H-pyrrole nitrogens is 1. The number of aromatic amines is 1. The molecular weight excluding hydrogens is 407 g/mol. The summed E-state index contributed by atoms with van der Waals surface area (Å²) in [5.74, 6) is 1.25. The van der Waals surface area contributed by atoms with E-state index in [1.54, 1.807) is 12.3 Å². The van der Waals surface area contributed by atoms with Crippen LogP contribution in [0.4, 0.5) is 10.2 Å². The molecule has 0 atom stereocenters. The second kappa shape index (κ2) is 9.02. The van der Waals surface area contributed by atoms with Gasteiger partial charge in [-0.2, -0.15) is 0 Å². The van der Waals surface area contributed by atoms with Crippen molar-refractivity contribution in [3.63, 3.8) is 0 Å². The molecule has 7 nitrogen and oxygen atoms in total. The van der Waals surface area contributed by atoms with Crippen LogP contribution in [-0.4, -0.2) is 58.2 Å². The SMILES string of the molecule is CN(Cc1cccnc1)Cc1nc(-c2cc(F)cc3[nH]ccc23)cc(N2CCOCC2)n1. The summed E-state index contributed by atoms with van der Waals surface area (Å²) >= 11 is 0. The lowest BCUT2D eigenvalue weighted by atomic mass is 10.1. The molecule has 4 heterocycles. The van der Waals surface area contributed by atoms with Crippen molar-refractivity contribution >= 4 is 16.7 Å². The Kier molecular flexibility index (Phi) is 5.79. The number of anilines is 1. The minimum absolute atomic E-state index is 0.295. The van der Waals surface area contributed by atoms with Crippen LogP contribution in [0.2, 0.25) is 0 Å². The molecule has 8 heteroatoms. The van der Waals surface area contributed by atoms with Gasteiger partial charge in [0.05, 0.1) is 25.5 Å². The predicted molar refractivity (Wildman–Crippen MR) is 122 cm³/mol. The van der Waals surface area contributed by atoms with Crippen molar-refractivity contribution < 1.29 is 9.13 Å². The molecule has 32 heavy (non-hydrogen) atoms. The van der Waals surface area contributed by atoms with Crippen LogP contribution in [0.5, 0.6) is 0 Å². The number of hydrogen-bond donors (Lipinski definition) is 1. The Morgan fingerprint density at radius 2 is 2.00 bits per heavy atom. The first-order chi connectivity index (χ1) is 15.7. The molecule has 1 N–H and O–H groups in total. The van der Waals surface area contributed by atoms with Gasteiger partial charge >= 0.3 is 0 Å². The lowest BCUT2D eigenvalue weighted by Crippen LogP contribution is -2.37. The number of rotatable bonds is 6. The molecule has 1 aliphatic rings. The molecule has 1 aliphatic heterocycles. The van der Waals surface area contributed by atoms with Crippen molar-refractivity contribution in [1.82, 2.24) is 24.8 Å². The first-order valence-electron chi connectivity index (χ1n) is 10.7. The third-order valence-electron chi connectivity index (χ3n) is 5.59. The molecule has 164 valence electrons. The molecule has 0 bridgehead atoms. The number of morpholine rings is 1. The van der Waals surface area contributed by atoms with Gasteiger partial charge in [-0.25, -0.2) is 14.4 Å². The molecular formula is C24H25FN6O. The minimum atomic E-state index is -0.295. The van der Waals surface area contributed by atoms with Crippen LogP contribution in [0.3, 0.4) is 0 Å². The number of nitrogens with zero attached hydrogens (tertiary/aromatic N) is 5. The van der Waals surface area contributed by atoms with Gasteiger partial charge in [0, 0.05) is 60.8 Å². The summed E-state index contributed by atoms with van der Waals surface area (Å²) in [6, 6.07) is 10.9. The van der Waals surface area contributed by atoms with Crippen LogP contribution in [0, 0.1) is 5.82 Å². The van der Waals surface area contributed by atoms with Gasteiger partial charge in [0.15, 0.2) is 0 Å². The van der Waals surface area contributed by atoms with E-state index >= 15 is 0 Å². The van der Waals surface area contributed by atoms with E-state index in [1.165, 1.54) is 6.07 Å². The molecule has 5 rings (SSSR count). The smallest absolute Gasteiger partial charge is 0.145 e. The van der Waals surface area contributed by atoms with E-state index in [0.29, 0.717) is 25.6 Å². The number of benzene rings is 1. The average molecular weight is 433 g/mol. The van der Waals surface area contributed by atoms with Gasteiger partial charge in [-0.1, -0.05) is 6.07 Å². The predicted octanol–water partition coefficient (Wildman–Crippen LogP) is 3.63. The molecule has 0 saturated carbocycles. The highest BCUT2D eigenvalue weighted by Crippen LogP contribution is 2.30. The maximum Gasteiger partial charge on any atom is 0.145 e. The Morgan fingerprint density at radius 3 is 2.81 bits per heavy atom. The largest absolute Gasteiger partial charge is 0.378 e. The van der Waals surface area contributed by atoms with Crippen molar-refractivity contribution in [3.8, 4) is 11.3 Å². The Bertz CT molecular complexity index is 1210. The second-order valence-corrected chi connectivity index (χ2v) is 8.05. The highest BCUT2D eigenvalue weighted by atomic mass is 19.1. The van der Waals surface area contributed by atoms with Gasteiger partial charge in [-0.05, 0) is 36.9 Å². The Hall–Kier alpha value is -3.36. The van der Waals surface area contributed by atoms with Crippen molar-refractivity contribution in [1.29, 1.82) is 0 Å². The summed E-state index contributed by atoms with van der Waals surface area (Å²) in [6.45, 7) is 4.16. The number of hydrogen-bond acceptors (Lipinski definition) is 6. The molecule has 4 aromatic rings. The van der Waals surface area contributed by atoms with E-state index in [4.69, 9.17) is 14.7 Å². The first kappa shape index (κ1) is 20.5. The van der Waals surface area contributed by atoms with Crippen molar-refractivity contribution in [2.75, 3.05) is 38.3 Å². The molecule has 0 aliphatic carbocycles. The van der Waals surface area contributed by atoms with E-state index in [-0.39, 0.29) is 5.82 Å². The first-order valence-corrected chi connectivity index (χ1v) is 10.7. The van der Waals surface area contributed by atoms with Gasteiger partial charge in [0.2, 0.25) is 0 Å². The number of aromatic nitrogens is 4. The summed E-state index contributed by atoms with van der Waals surface area (Å²) in [6.07, 6.45) is 5.45. The summed E-state index contributed by atoms with van der Waals surface area (Å²) in [5.41, 5.74) is 3.35. The number of pyridine rings is 1. The maximum atomic E-state index is 14.4. The molecule has 0 unspecified atom stereocenters. The standard InChI is InChI=1S/C24H25FN6O/c1-30(15-17-3-2-5-26-14-17)16-23-28-22(13-24(29-23)31-7-9-32-10-8-31)20-11-18(25)12-21-19(20)4-6-27-21/h2-6,11-14,27H,7-10,15-16H2,1H3. The van der Waals surface area contributed by atoms with Crippen LogP contribution in [0.25, 0.3) is 22.2 Å². The van der Waals surface area contributed by atoms with Crippen LogP contribution in [-0.2, 0) is 17.8 Å². The molecule has 1 aromatic carbocycles. The highest BCUT2D eigenvalue weighted by Gasteiger charge is 2.18. The zero-order chi connectivity index (χ0) is 21.9. The molecule has 1 saturated heterocycles. The normalized spacial score (nSPS) is 14.4. The van der Waals surface area contributed by atoms with Gasteiger partial charge < -0.3 is 14.6 Å². The van der Waals surface area contributed by atoms with Crippen molar-refractivity contribution in [2.24, 2.45) is 0 Å². The zero-order valence-electron chi connectivity index (χ0n) is 18.0. The summed E-state index contributed by atoms with van der Waals surface area (Å²) in [5, 5.41) is 0.938. The van der Waals surface area contributed by atoms with E-state index in [2.05, 4.69) is 25.8 Å². The summed E-state index contributed by atoms with van der Waals surface area (Å²) in [4.78, 5) is 21.3. The van der Waals surface area contributed by atoms with Crippen molar-refractivity contribution in [3.05, 3.63) is 72.2 Å². The number of halogens is 1. The van der Waals surface area contributed by atoms with Gasteiger partial charge in [-0.3, -0.25) is 9.88 Å². The van der Waals surface area contributed by atoms with E-state index in [0.717, 1.165) is 53.2 Å². The fourth-order valence-electron chi connectivity index (χ4n) is 4.09. The third-order valence-corrected chi connectivity index (χ3v) is 5.59. The fraction of sp³-hybridized carbons (Fsp3) is 0.292. The molecule has 0 radical (unpaired) electrons. The minimum Gasteiger partial charge on any atom is -0.378 e. The van der Waals surface area contributed by atoms with E-state index in [1.807, 2.05) is 37.6 Å². The Morgan fingerprint density at radius 1 is 1.12 bits per heavy atom. The molecule has 1 fully saturated rings. The number of fused-ring (bicyclic) bond motifs is 1. The van der Waals surface area contributed by atoms with Crippen LogP contribution < -0.4 is 4.90 Å². The highest BCUT2D eigenvalue weighted by molar-refractivity contribution is 5.94. The van der Waals surface area contributed by atoms with Gasteiger partial charge in [-0.15, -0.1) is 0 Å². The van der Waals surface area contributed by atoms with Gasteiger partial charge in [0.1, 0.15) is 17.5 Å². The monoisotopic (exact) mass is 432 g/mol. The second-order valence-electron chi connectivity index (χ2n) is 8.05. The lowest BCUT2D eigenvalue weighted by Gasteiger charge is -2.28. The van der Waals surface area contributed by atoms with Crippen LogP contribution in [0.1, 0.15) is 11.4 Å². The molecule has 0 amide bonds. The third kappa shape index (κ3) is 4.46. The lowest BCUT2D eigenvalue weighted by molar-refractivity contribution is 0.122. The Balaban J connectivity index is 1.52. The molecule has 3 aromatic heterocycles. The van der Waals surface area contributed by atoms with Crippen molar-refractivity contribution in [2.45, 2.75) is 13.1 Å². The Labute approximate surface area is 185 Å². The maximum absolute atomic E-state index is 14.4. The topological polar surface area (TPSA) is 70.2 Å². The van der Waals surface area contributed by atoms with Crippen LogP contribution >= 0.6 is 0 Å². The average Bonchev–Trinajstić information content (AvgIpc) is 3.28. The van der Waals surface area contributed by atoms with Crippen LogP contribution in [0.15, 0.2) is 55.0 Å². The molecule has 0 spiro atoms. The van der Waals surface area contributed by atoms with E-state index < -0.39 is 0 Å². The number of ether oxygens (including phenoxy) is 1. The fourth-order valence-corrected chi connectivity index (χ4v) is 4.09. The van der Waals surface area contributed by atoms with Gasteiger partial charge in [0.25, 0.3) is 0 Å². The summed E-state index contributed by atoms with van der Waals surface area (Å²) in [7, 11) is 2.03.